The quantitative estimate of drug-likeness (QED) is 0.193. The molecule has 0 N–H and O–H groups in total. The van der Waals surface area contributed by atoms with Crippen LogP contribution in [-0.2, 0) is 20.2 Å². The number of hydrogen-bond acceptors (Lipinski definition) is 6. The van der Waals surface area contributed by atoms with Crippen molar-refractivity contribution in [3.63, 3.8) is 0 Å². The van der Waals surface area contributed by atoms with Crippen LogP contribution >= 0.6 is 0 Å². The highest BCUT2D eigenvalue weighted by Crippen LogP contribution is 2.46. The minimum Gasteiger partial charge on any atom is -0.741 e. The van der Waals surface area contributed by atoms with Crippen LogP contribution in [0, 0.1) is 17.8 Å². The van der Waals surface area contributed by atoms with E-state index in [1.54, 1.807) is 0 Å². The third kappa shape index (κ3) is 6.52. The van der Waals surface area contributed by atoms with Crippen molar-refractivity contribution in [2.45, 2.75) is 30.9 Å². The summed E-state index contributed by atoms with van der Waals surface area (Å²) in [6, 6.07) is 0.511. The summed E-state index contributed by atoms with van der Waals surface area (Å²) in [5, 5.41) is 0. The van der Waals surface area contributed by atoms with Crippen LogP contribution in [0.1, 0.15) is 13.8 Å². The fourth-order valence-electron chi connectivity index (χ4n) is 4.44. The Balaban J connectivity index is 0.000000239. The first-order valence-electron chi connectivity index (χ1n) is 10.0. The standard InChI is InChI=1S/C18H22N2.2CHF3O3S/c1-11-5-13-9-20(4)16-8-12(2)6-14-10-19(3)15(7-11)17(13)18(14)16;2*2-1(3,4)8(5,6)7/h5-10,13,16-18H,1-4H3;2*(H,5,6,7)/q+2;;/p-2. The van der Waals surface area contributed by atoms with Gasteiger partial charge in [0.25, 0.3) is 0 Å². The Kier molecular flexibility index (Phi) is 8.21. The Morgan fingerprint density at radius 3 is 1.69 bits per heavy atom. The van der Waals surface area contributed by atoms with E-state index in [1.165, 1.54) is 22.4 Å². The Bertz CT molecular complexity index is 1280. The minimum absolute atomic E-state index is 0.511. The molecule has 4 unspecified atom stereocenters. The molecule has 0 spiro atoms. The zero-order valence-electron chi connectivity index (χ0n) is 19.2. The maximum atomic E-state index is 10.7. The van der Waals surface area contributed by atoms with Gasteiger partial charge in [-0.15, -0.1) is 0 Å². The number of halogens is 6. The summed E-state index contributed by atoms with van der Waals surface area (Å²) >= 11 is 0. The topological polar surface area (TPSA) is 120 Å². The minimum atomic E-state index is -6.09. The van der Waals surface area contributed by atoms with E-state index in [0.29, 0.717) is 23.8 Å². The molecule has 202 valence electrons. The van der Waals surface area contributed by atoms with Gasteiger partial charge in [-0.1, -0.05) is 6.08 Å². The van der Waals surface area contributed by atoms with E-state index < -0.39 is 31.3 Å². The van der Waals surface area contributed by atoms with Gasteiger partial charge in [-0.2, -0.15) is 26.3 Å². The van der Waals surface area contributed by atoms with Crippen LogP contribution in [0.25, 0.3) is 0 Å². The molecule has 16 heteroatoms. The molecule has 2 aliphatic carbocycles. The first kappa shape index (κ1) is 29.9. The second-order valence-electron chi connectivity index (χ2n) is 8.51. The molecule has 36 heavy (non-hydrogen) atoms. The number of nitrogens with zero attached hydrogens (tertiary/aromatic N) is 2. The molecule has 0 saturated heterocycles. The Labute approximate surface area is 203 Å². The normalized spacial score (nSPS) is 27.2. The van der Waals surface area contributed by atoms with Crippen LogP contribution in [0.3, 0.4) is 0 Å². The SMILES string of the molecule is CC1=CC2C=[N+](C)C3C=C(C)C=C4C=[N+](C)C(=C1)C2C43.O=S(=O)([O-])C(F)(F)F.O=S(=O)([O-])C(F)(F)F. The molecule has 2 aliphatic heterocycles. The van der Waals surface area contributed by atoms with Crippen LogP contribution < -0.4 is 0 Å². The highest BCUT2D eigenvalue weighted by Gasteiger charge is 2.53. The number of hydrogen-bond donors (Lipinski definition) is 0. The van der Waals surface area contributed by atoms with E-state index >= 15 is 0 Å². The maximum absolute atomic E-state index is 10.7. The molecule has 0 fully saturated rings. The van der Waals surface area contributed by atoms with Crippen LogP contribution in [0.15, 0.2) is 46.7 Å². The van der Waals surface area contributed by atoms with Crippen molar-refractivity contribution in [2.24, 2.45) is 17.8 Å². The number of likely N-dealkylation sites (N-methyl/N-ethyl adjacent to an activating group) is 1. The lowest BCUT2D eigenvalue weighted by molar-refractivity contribution is -0.544. The van der Waals surface area contributed by atoms with Crippen molar-refractivity contribution in [3.8, 4) is 0 Å². The summed E-state index contributed by atoms with van der Waals surface area (Å²) in [6.45, 7) is 4.43. The van der Waals surface area contributed by atoms with E-state index in [-0.39, 0.29) is 0 Å². The van der Waals surface area contributed by atoms with E-state index in [0.717, 1.165) is 0 Å². The fourth-order valence-corrected chi connectivity index (χ4v) is 4.44. The van der Waals surface area contributed by atoms with Gasteiger partial charge in [0.2, 0.25) is 0 Å². The maximum Gasteiger partial charge on any atom is 0.485 e. The van der Waals surface area contributed by atoms with Crippen molar-refractivity contribution in [3.05, 3.63) is 46.7 Å². The molecule has 0 aromatic carbocycles. The second kappa shape index (κ2) is 9.87. The Morgan fingerprint density at radius 2 is 1.25 bits per heavy atom. The van der Waals surface area contributed by atoms with Gasteiger partial charge in [-0.05, 0) is 37.1 Å². The second-order valence-corrected chi connectivity index (χ2v) is 11.3. The number of alkyl halides is 6. The average molecular weight is 565 g/mol. The van der Waals surface area contributed by atoms with Crippen molar-refractivity contribution in [2.75, 3.05) is 14.1 Å². The van der Waals surface area contributed by atoms with Gasteiger partial charge in [0, 0.05) is 11.6 Å². The fraction of sp³-hybridized carbons (Fsp3) is 0.500. The van der Waals surface area contributed by atoms with Crippen molar-refractivity contribution in [1.29, 1.82) is 0 Å². The van der Waals surface area contributed by atoms with Crippen LogP contribution in [0.5, 0.6) is 0 Å². The predicted octanol–water partition coefficient (Wildman–Crippen LogP) is 2.49. The average Bonchev–Trinajstić information content (AvgIpc) is 2.64. The molecule has 8 nitrogen and oxygen atoms in total. The third-order valence-electron chi connectivity index (χ3n) is 5.75. The van der Waals surface area contributed by atoms with Gasteiger partial charge in [0.1, 0.15) is 20.3 Å². The summed E-state index contributed by atoms with van der Waals surface area (Å²) in [4.78, 5) is 0. The summed E-state index contributed by atoms with van der Waals surface area (Å²) in [5.41, 5.74) is -5.53. The van der Waals surface area contributed by atoms with Crippen LogP contribution in [-0.4, -0.2) is 78.7 Å². The summed E-state index contributed by atoms with van der Waals surface area (Å²) in [6.07, 6.45) is 14.4. The smallest absolute Gasteiger partial charge is 0.485 e. The molecule has 0 aromatic rings. The highest BCUT2D eigenvalue weighted by atomic mass is 32.2. The largest absolute Gasteiger partial charge is 0.741 e. The number of rotatable bonds is 0. The third-order valence-corrected chi connectivity index (χ3v) is 6.88. The van der Waals surface area contributed by atoms with E-state index in [9.17, 15) is 26.3 Å². The van der Waals surface area contributed by atoms with E-state index in [2.05, 4.69) is 73.8 Å². The zero-order chi connectivity index (χ0) is 28.0. The van der Waals surface area contributed by atoms with Gasteiger partial charge in [0.15, 0.2) is 38.2 Å². The molecular weight excluding hydrogens is 542 g/mol. The first-order chi connectivity index (χ1) is 16.0. The summed E-state index contributed by atoms with van der Waals surface area (Å²) < 4.78 is 123. The van der Waals surface area contributed by atoms with Gasteiger partial charge < -0.3 is 9.11 Å². The molecule has 0 radical (unpaired) electrons. The zero-order valence-corrected chi connectivity index (χ0v) is 20.8. The lowest BCUT2D eigenvalue weighted by Crippen LogP contribution is -2.51. The summed E-state index contributed by atoms with van der Waals surface area (Å²) in [7, 11) is -7.76. The molecular formula is C20H22F6N2O6S2. The lowest BCUT2D eigenvalue weighted by atomic mass is 9.65. The van der Waals surface area contributed by atoms with Gasteiger partial charge in [-0.25, -0.2) is 26.0 Å². The molecule has 4 aliphatic rings. The Hall–Kier alpha value is -2.30. The molecule has 0 saturated carbocycles. The number of allylic oxidation sites excluding steroid dienone is 6. The van der Waals surface area contributed by atoms with E-state index in [1.807, 2.05) is 0 Å². The first-order valence-corrected chi connectivity index (χ1v) is 12.8. The van der Waals surface area contributed by atoms with E-state index in [4.69, 9.17) is 25.9 Å². The van der Waals surface area contributed by atoms with Crippen molar-refractivity contribution < 1.29 is 61.4 Å². The van der Waals surface area contributed by atoms with Gasteiger partial charge in [-0.3, -0.25) is 0 Å². The lowest BCUT2D eigenvalue weighted by Gasteiger charge is -2.40. The van der Waals surface area contributed by atoms with Crippen LogP contribution in [0.2, 0.25) is 0 Å². The molecule has 0 aromatic heterocycles. The molecule has 0 amide bonds. The van der Waals surface area contributed by atoms with Crippen LogP contribution in [0.4, 0.5) is 26.3 Å². The van der Waals surface area contributed by atoms with Gasteiger partial charge >= 0.3 is 11.0 Å². The van der Waals surface area contributed by atoms with Crippen molar-refractivity contribution in [1.82, 2.24) is 0 Å². The van der Waals surface area contributed by atoms with Gasteiger partial charge in [0.05, 0.1) is 17.8 Å². The summed E-state index contributed by atoms with van der Waals surface area (Å²) in [5.74, 6) is 1.74. The Morgan fingerprint density at radius 1 is 0.806 bits per heavy atom. The molecule has 0 bridgehead atoms. The molecule has 4 atom stereocenters. The predicted molar refractivity (Wildman–Crippen MR) is 114 cm³/mol. The molecule has 2 heterocycles. The highest BCUT2D eigenvalue weighted by molar-refractivity contribution is 7.86. The van der Waals surface area contributed by atoms with Crippen molar-refractivity contribution >= 4 is 32.7 Å². The monoisotopic (exact) mass is 564 g/mol. The molecule has 4 rings (SSSR count).